The lowest BCUT2D eigenvalue weighted by atomic mass is 9.64. The Hall–Kier alpha value is -0.310. The topological polar surface area (TPSA) is 24.1 Å². The van der Waals surface area contributed by atoms with E-state index in [9.17, 15) is 0 Å². The summed E-state index contributed by atoms with van der Waals surface area (Å²) in [6.45, 7) is 4.79. The lowest BCUT2D eigenvalue weighted by Gasteiger charge is -2.46. The Morgan fingerprint density at radius 1 is 0.731 bits per heavy atom. The summed E-state index contributed by atoms with van der Waals surface area (Å²) in [4.78, 5) is 0. The molecule has 2 atom stereocenters. The molecule has 0 radical (unpaired) electrons. The van der Waals surface area contributed by atoms with E-state index in [-0.39, 0.29) is 0 Å². The first-order chi connectivity index (χ1) is 12.7. The van der Waals surface area contributed by atoms with E-state index in [0.29, 0.717) is 12.1 Å². The fraction of sp³-hybridized carbons (Fsp3) is 0.957. The van der Waals surface area contributed by atoms with E-state index < -0.39 is 0 Å². The van der Waals surface area contributed by atoms with Crippen molar-refractivity contribution >= 4 is 17.3 Å². The van der Waals surface area contributed by atoms with Crippen LogP contribution in [0.2, 0.25) is 0 Å². The smallest absolute Gasteiger partial charge is 0.166 e. The van der Waals surface area contributed by atoms with Crippen molar-refractivity contribution in [3.8, 4) is 0 Å². The van der Waals surface area contributed by atoms with E-state index in [1.54, 1.807) is 0 Å². The summed E-state index contributed by atoms with van der Waals surface area (Å²) in [7, 11) is 0. The van der Waals surface area contributed by atoms with Gasteiger partial charge >= 0.3 is 0 Å². The second kappa shape index (κ2) is 10.3. The number of hydrogen-bond acceptors (Lipinski definition) is 1. The molecular formula is C23H42N2S. The normalized spacial score (nSPS) is 34.4. The molecule has 3 heteroatoms. The molecule has 2 unspecified atom stereocenters. The Labute approximate surface area is 167 Å². The largest absolute Gasteiger partial charge is 0.360 e. The zero-order valence-electron chi connectivity index (χ0n) is 17.3. The third-order valence-corrected chi connectivity index (χ3v) is 8.07. The Bertz CT molecular complexity index is 412. The molecule has 3 rings (SSSR count). The minimum Gasteiger partial charge on any atom is -0.360 e. The summed E-state index contributed by atoms with van der Waals surface area (Å²) < 4.78 is 0. The third kappa shape index (κ3) is 5.36. The quantitative estimate of drug-likeness (QED) is 0.557. The fourth-order valence-electron chi connectivity index (χ4n) is 6.24. The van der Waals surface area contributed by atoms with Gasteiger partial charge in [-0.2, -0.15) is 0 Å². The van der Waals surface area contributed by atoms with Gasteiger partial charge in [-0.25, -0.2) is 0 Å². The highest BCUT2D eigenvalue weighted by Crippen LogP contribution is 2.44. The summed E-state index contributed by atoms with van der Waals surface area (Å²) in [5.41, 5.74) is 0. The van der Waals surface area contributed by atoms with Crippen LogP contribution in [0.4, 0.5) is 0 Å². The molecule has 2 N–H and O–H groups in total. The average Bonchev–Trinajstić information content (AvgIpc) is 2.69. The zero-order chi connectivity index (χ0) is 18.4. The maximum atomic E-state index is 5.75. The van der Waals surface area contributed by atoms with E-state index in [1.165, 1.54) is 89.9 Å². The fourth-order valence-corrected chi connectivity index (χ4v) is 6.55. The van der Waals surface area contributed by atoms with Crippen LogP contribution in [-0.2, 0) is 0 Å². The second-order valence-corrected chi connectivity index (χ2v) is 9.85. The van der Waals surface area contributed by atoms with Crippen LogP contribution in [0.5, 0.6) is 0 Å². The van der Waals surface area contributed by atoms with Gasteiger partial charge in [-0.15, -0.1) is 0 Å². The molecule has 3 fully saturated rings. The molecule has 0 spiro atoms. The molecule has 0 amide bonds. The lowest BCUT2D eigenvalue weighted by Crippen LogP contribution is -2.54. The minimum atomic E-state index is 0.591. The van der Waals surface area contributed by atoms with E-state index in [0.717, 1.165) is 28.8 Å². The van der Waals surface area contributed by atoms with Crippen molar-refractivity contribution in [3.63, 3.8) is 0 Å². The molecule has 3 saturated carbocycles. The molecule has 0 bridgehead atoms. The van der Waals surface area contributed by atoms with E-state index in [2.05, 4.69) is 24.5 Å². The monoisotopic (exact) mass is 378 g/mol. The number of nitrogens with one attached hydrogen (secondary N) is 2. The number of thiocarbonyl (C=S) groups is 1. The average molecular weight is 379 g/mol. The van der Waals surface area contributed by atoms with Crippen LogP contribution in [0.3, 0.4) is 0 Å². The van der Waals surface area contributed by atoms with E-state index >= 15 is 0 Å². The molecule has 0 heterocycles. The summed E-state index contributed by atoms with van der Waals surface area (Å²) >= 11 is 5.75. The standard InChI is InChI=1S/C23H42N2S/c1-3-17-15-20(19-11-7-5-8-12-19)16-18(4-2)22(17)25-23(26)24-21-13-9-6-10-14-21/h17-22H,3-16H2,1-2H3,(H2,24,25,26). The van der Waals surface area contributed by atoms with Gasteiger partial charge in [0.2, 0.25) is 0 Å². The molecule has 0 aromatic heterocycles. The van der Waals surface area contributed by atoms with E-state index in [1.807, 2.05) is 0 Å². The molecule has 0 aromatic carbocycles. The van der Waals surface area contributed by atoms with Crippen molar-refractivity contribution < 1.29 is 0 Å². The molecule has 2 nitrogen and oxygen atoms in total. The molecule has 26 heavy (non-hydrogen) atoms. The van der Waals surface area contributed by atoms with Gasteiger partial charge in [0.05, 0.1) is 0 Å². The zero-order valence-corrected chi connectivity index (χ0v) is 18.1. The summed E-state index contributed by atoms with van der Waals surface area (Å²) in [6.07, 6.45) is 19.6. The molecule has 3 aliphatic rings. The SMILES string of the molecule is CCC1CC(C2CCCCC2)CC(CC)C1NC(=S)NC1CCCCC1. The van der Waals surface area contributed by atoms with Crippen LogP contribution in [-0.4, -0.2) is 17.2 Å². The Kier molecular flexibility index (Phi) is 8.09. The Morgan fingerprint density at radius 3 is 1.81 bits per heavy atom. The predicted octanol–water partition coefficient (Wildman–Crippen LogP) is 6.19. The van der Waals surface area contributed by atoms with Gasteiger partial charge in [-0.05, 0) is 61.6 Å². The van der Waals surface area contributed by atoms with Crippen LogP contribution in [0.1, 0.15) is 104 Å². The third-order valence-electron chi connectivity index (χ3n) is 7.83. The molecule has 0 aliphatic heterocycles. The highest BCUT2D eigenvalue weighted by atomic mass is 32.1. The number of hydrogen-bond donors (Lipinski definition) is 2. The maximum absolute atomic E-state index is 5.75. The summed E-state index contributed by atoms with van der Waals surface area (Å²) in [5, 5.41) is 8.40. The van der Waals surface area contributed by atoms with Crippen molar-refractivity contribution in [2.24, 2.45) is 23.7 Å². The van der Waals surface area contributed by atoms with Gasteiger partial charge in [0.15, 0.2) is 5.11 Å². The van der Waals surface area contributed by atoms with Gasteiger partial charge in [0.1, 0.15) is 0 Å². The van der Waals surface area contributed by atoms with Crippen molar-refractivity contribution in [3.05, 3.63) is 0 Å². The lowest BCUT2D eigenvalue weighted by molar-refractivity contribution is 0.0869. The summed E-state index contributed by atoms with van der Waals surface area (Å²) in [5.74, 6) is 3.58. The highest BCUT2D eigenvalue weighted by molar-refractivity contribution is 7.80. The molecule has 3 aliphatic carbocycles. The van der Waals surface area contributed by atoms with Gasteiger partial charge < -0.3 is 10.6 Å². The van der Waals surface area contributed by atoms with Gasteiger partial charge in [0.25, 0.3) is 0 Å². The Morgan fingerprint density at radius 2 is 1.27 bits per heavy atom. The van der Waals surface area contributed by atoms with E-state index in [4.69, 9.17) is 12.2 Å². The van der Waals surface area contributed by atoms with Crippen LogP contribution >= 0.6 is 12.2 Å². The first kappa shape index (κ1) is 20.4. The number of rotatable bonds is 5. The van der Waals surface area contributed by atoms with Crippen LogP contribution < -0.4 is 10.6 Å². The van der Waals surface area contributed by atoms with Crippen molar-refractivity contribution in [1.29, 1.82) is 0 Å². The Balaban J connectivity index is 1.57. The minimum absolute atomic E-state index is 0.591. The predicted molar refractivity (Wildman–Crippen MR) is 116 cm³/mol. The molecule has 150 valence electrons. The first-order valence-corrected chi connectivity index (χ1v) is 12.2. The maximum Gasteiger partial charge on any atom is 0.166 e. The molecular weight excluding hydrogens is 336 g/mol. The van der Waals surface area contributed by atoms with Crippen LogP contribution in [0.15, 0.2) is 0 Å². The van der Waals surface area contributed by atoms with Crippen molar-refractivity contribution in [2.45, 2.75) is 116 Å². The second-order valence-electron chi connectivity index (χ2n) is 9.44. The highest BCUT2D eigenvalue weighted by Gasteiger charge is 2.39. The van der Waals surface area contributed by atoms with Crippen molar-refractivity contribution in [1.82, 2.24) is 10.6 Å². The van der Waals surface area contributed by atoms with Crippen LogP contribution in [0, 0.1) is 23.7 Å². The van der Waals surface area contributed by atoms with Crippen LogP contribution in [0.25, 0.3) is 0 Å². The van der Waals surface area contributed by atoms with Gasteiger partial charge in [0, 0.05) is 12.1 Å². The van der Waals surface area contributed by atoms with Gasteiger partial charge in [-0.1, -0.05) is 78.1 Å². The summed E-state index contributed by atoms with van der Waals surface area (Å²) in [6, 6.07) is 1.20. The van der Waals surface area contributed by atoms with Gasteiger partial charge in [-0.3, -0.25) is 0 Å². The molecule has 0 aromatic rings. The first-order valence-electron chi connectivity index (χ1n) is 11.8. The molecule has 0 saturated heterocycles. The van der Waals surface area contributed by atoms with Crippen molar-refractivity contribution in [2.75, 3.05) is 0 Å².